The van der Waals surface area contributed by atoms with Crippen molar-refractivity contribution in [1.29, 1.82) is 0 Å². The molecular weight excluding hydrogens is 218 g/mol. The molecule has 2 aromatic rings. The molecule has 4 nitrogen and oxygen atoms in total. The Morgan fingerprint density at radius 1 is 1.35 bits per heavy atom. The Hall–Kier alpha value is -2.10. The van der Waals surface area contributed by atoms with Gasteiger partial charge in [-0.1, -0.05) is 12.1 Å². The lowest BCUT2D eigenvalue weighted by atomic mass is 10.1. The number of hydrogen-bond donors (Lipinski definition) is 0. The highest BCUT2D eigenvalue weighted by Crippen LogP contribution is 2.24. The first-order valence-corrected chi connectivity index (χ1v) is 5.42. The summed E-state index contributed by atoms with van der Waals surface area (Å²) in [6, 6.07) is 7.49. The minimum absolute atomic E-state index is 0.0741. The molecule has 0 aliphatic carbocycles. The van der Waals surface area contributed by atoms with Crippen LogP contribution in [0.2, 0.25) is 0 Å². The van der Waals surface area contributed by atoms with Crippen LogP contribution >= 0.6 is 0 Å². The fourth-order valence-corrected chi connectivity index (χ4v) is 1.56. The highest BCUT2D eigenvalue weighted by Gasteiger charge is 2.05. The largest absolute Gasteiger partial charge is 0.481 e. The Kier molecular flexibility index (Phi) is 3.55. The molecule has 0 bridgehead atoms. The van der Waals surface area contributed by atoms with Gasteiger partial charge in [0.05, 0.1) is 6.61 Å². The fraction of sp³-hybridized carbons (Fsp3) is 0.231. The highest BCUT2D eigenvalue weighted by molar-refractivity contribution is 5.87. The third kappa shape index (κ3) is 2.72. The molecule has 0 spiro atoms. The molecule has 0 atom stereocenters. The van der Waals surface area contributed by atoms with Gasteiger partial charge in [-0.05, 0) is 19.1 Å². The number of fused-ring (bicyclic) bond motifs is 1. The number of esters is 1. The molecule has 1 heterocycles. The molecule has 2 rings (SSSR count). The van der Waals surface area contributed by atoms with Crippen molar-refractivity contribution in [3.8, 4) is 5.75 Å². The van der Waals surface area contributed by atoms with Gasteiger partial charge in [-0.2, -0.15) is 0 Å². The number of aromatic nitrogens is 1. The first kappa shape index (κ1) is 11.4. The summed E-state index contributed by atoms with van der Waals surface area (Å²) in [6.45, 7) is 2.05. The second-order valence-corrected chi connectivity index (χ2v) is 3.45. The van der Waals surface area contributed by atoms with Gasteiger partial charge in [-0.3, -0.25) is 4.98 Å². The van der Waals surface area contributed by atoms with Gasteiger partial charge in [0.25, 0.3) is 0 Å². The van der Waals surface area contributed by atoms with E-state index in [0.717, 1.165) is 10.8 Å². The Balaban J connectivity index is 2.16. The molecule has 0 unspecified atom stereocenters. The zero-order valence-electron chi connectivity index (χ0n) is 9.55. The van der Waals surface area contributed by atoms with Gasteiger partial charge in [0.1, 0.15) is 5.75 Å². The van der Waals surface area contributed by atoms with Crippen molar-refractivity contribution in [2.24, 2.45) is 0 Å². The highest BCUT2D eigenvalue weighted by atomic mass is 16.6. The van der Waals surface area contributed by atoms with Gasteiger partial charge in [0, 0.05) is 23.2 Å². The van der Waals surface area contributed by atoms with Crippen LogP contribution < -0.4 is 4.74 Å². The maximum absolute atomic E-state index is 11.2. The fourth-order valence-electron chi connectivity index (χ4n) is 1.56. The maximum Gasteiger partial charge on any atom is 0.344 e. The van der Waals surface area contributed by atoms with Crippen molar-refractivity contribution in [3.05, 3.63) is 36.7 Å². The van der Waals surface area contributed by atoms with Crippen LogP contribution in [0.25, 0.3) is 10.8 Å². The quantitative estimate of drug-likeness (QED) is 0.757. The van der Waals surface area contributed by atoms with Crippen LogP contribution in [0.4, 0.5) is 0 Å². The minimum atomic E-state index is -0.362. The van der Waals surface area contributed by atoms with E-state index in [-0.39, 0.29) is 12.6 Å². The number of hydrogen-bond acceptors (Lipinski definition) is 4. The number of ether oxygens (including phenoxy) is 2. The van der Waals surface area contributed by atoms with Crippen LogP contribution in [0.3, 0.4) is 0 Å². The van der Waals surface area contributed by atoms with E-state index in [1.165, 1.54) is 0 Å². The second kappa shape index (κ2) is 5.30. The molecule has 0 aliphatic heterocycles. The lowest BCUT2D eigenvalue weighted by Crippen LogP contribution is -2.14. The van der Waals surface area contributed by atoms with Gasteiger partial charge < -0.3 is 9.47 Å². The third-order valence-corrected chi connectivity index (χ3v) is 2.29. The van der Waals surface area contributed by atoms with E-state index in [2.05, 4.69) is 4.98 Å². The lowest BCUT2D eigenvalue weighted by molar-refractivity contribution is -0.145. The number of rotatable bonds is 4. The average Bonchev–Trinajstić information content (AvgIpc) is 2.36. The molecule has 17 heavy (non-hydrogen) atoms. The van der Waals surface area contributed by atoms with Crippen LogP contribution in [0.1, 0.15) is 6.92 Å². The maximum atomic E-state index is 11.2. The zero-order valence-corrected chi connectivity index (χ0v) is 9.55. The normalized spacial score (nSPS) is 10.2. The summed E-state index contributed by atoms with van der Waals surface area (Å²) in [7, 11) is 0. The summed E-state index contributed by atoms with van der Waals surface area (Å²) >= 11 is 0. The molecule has 0 aliphatic rings. The van der Waals surface area contributed by atoms with Crippen LogP contribution in [-0.2, 0) is 9.53 Å². The predicted octanol–water partition coefficient (Wildman–Crippen LogP) is 2.18. The third-order valence-electron chi connectivity index (χ3n) is 2.29. The average molecular weight is 231 g/mol. The van der Waals surface area contributed by atoms with Crippen molar-refractivity contribution in [2.45, 2.75) is 6.92 Å². The molecule has 88 valence electrons. The van der Waals surface area contributed by atoms with Crippen molar-refractivity contribution in [1.82, 2.24) is 4.98 Å². The number of carbonyl (C=O) groups is 1. The standard InChI is InChI=1S/C13H13NO3/c1-2-16-13(15)9-17-12-5-3-4-10-8-14-7-6-11(10)12/h3-8H,2,9H2,1H3. The van der Waals surface area contributed by atoms with Crippen molar-refractivity contribution < 1.29 is 14.3 Å². The van der Waals surface area contributed by atoms with E-state index >= 15 is 0 Å². The van der Waals surface area contributed by atoms with E-state index in [4.69, 9.17) is 9.47 Å². The van der Waals surface area contributed by atoms with E-state index in [9.17, 15) is 4.79 Å². The smallest absolute Gasteiger partial charge is 0.344 e. The van der Waals surface area contributed by atoms with Crippen molar-refractivity contribution in [2.75, 3.05) is 13.2 Å². The topological polar surface area (TPSA) is 48.4 Å². The first-order chi connectivity index (χ1) is 8.31. The summed E-state index contributed by atoms with van der Waals surface area (Å²) in [5, 5.41) is 1.92. The number of pyridine rings is 1. The molecule has 0 saturated carbocycles. The molecule has 0 amide bonds. The molecule has 0 saturated heterocycles. The number of benzene rings is 1. The molecule has 1 aromatic heterocycles. The van der Waals surface area contributed by atoms with Crippen LogP contribution in [-0.4, -0.2) is 24.2 Å². The van der Waals surface area contributed by atoms with Gasteiger partial charge >= 0.3 is 5.97 Å². The summed E-state index contributed by atoms with van der Waals surface area (Å²) in [6.07, 6.45) is 3.45. The summed E-state index contributed by atoms with van der Waals surface area (Å²) in [4.78, 5) is 15.2. The lowest BCUT2D eigenvalue weighted by Gasteiger charge is -2.08. The minimum Gasteiger partial charge on any atom is -0.481 e. The monoisotopic (exact) mass is 231 g/mol. The van der Waals surface area contributed by atoms with Crippen LogP contribution in [0, 0.1) is 0 Å². The van der Waals surface area contributed by atoms with Crippen LogP contribution in [0.5, 0.6) is 5.75 Å². The molecule has 0 N–H and O–H groups in total. The van der Waals surface area contributed by atoms with Gasteiger partial charge in [0.2, 0.25) is 0 Å². The van der Waals surface area contributed by atoms with E-state index in [1.807, 2.05) is 24.3 Å². The Labute approximate surface area is 99.2 Å². The van der Waals surface area contributed by atoms with E-state index in [1.54, 1.807) is 19.3 Å². The molecule has 0 radical (unpaired) electrons. The number of nitrogens with zero attached hydrogens (tertiary/aromatic N) is 1. The van der Waals surface area contributed by atoms with Gasteiger partial charge in [-0.15, -0.1) is 0 Å². The Morgan fingerprint density at radius 2 is 2.24 bits per heavy atom. The summed E-state index contributed by atoms with van der Waals surface area (Å²) in [5.41, 5.74) is 0. The van der Waals surface area contributed by atoms with Crippen molar-refractivity contribution in [3.63, 3.8) is 0 Å². The van der Waals surface area contributed by atoms with Gasteiger partial charge in [0.15, 0.2) is 6.61 Å². The van der Waals surface area contributed by atoms with E-state index < -0.39 is 0 Å². The predicted molar refractivity (Wildman–Crippen MR) is 63.9 cm³/mol. The summed E-state index contributed by atoms with van der Waals surface area (Å²) in [5.74, 6) is 0.302. The molecular formula is C13H13NO3. The second-order valence-electron chi connectivity index (χ2n) is 3.45. The van der Waals surface area contributed by atoms with Gasteiger partial charge in [-0.25, -0.2) is 4.79 Å². The molecule has 1 aromatic carbocycles. The molecule has 0 fully saturated rings. The van der Waals surface area contributed by atoms with Crippen molar-refractivity contribution >= 4 is 16.7 Å². The zero-order chi connectivity index (χ0) is 12.1. The Morgan fingerprint density at radius 3 is 3.06 bits per heavy atom. The Bertz CT molecular complexity index is 520. The SMILES string of the molecule is CCOC(=O)COc1cccc2cnccc12. The molecule has 4 heteroatoms. The summed E-state index contributed by atoms with van der Waals surface area (Å²) < 4.78 is 10.2. The first-order valence-electron chi connectivity index (χ1n) is 5.42. The van der Waals surface area contributed by atoms with E-state index in [0.29, 0.717) is 12.4 Å². The number of carbonyl (C=O) groups excluding carboxylic acids is 1. The van der Waals surface area contributed by atoms with Crippen LogP contribution in [0.15, 0.2) is 36.7 Å².